The first-order valence-electron chi connectivity index (χ1n) is 11.5. The predicted octanol–water partition coefficient (Wildman–Crippen LogP) is 5.25. The summed E-state index contributed by atoms with van der Waals surface area (Å²) in [5.41, 5.74) is 2.67. The van der Waals surface area contributed by atoms with Gasteiger partial charge in [-0.3, -0.25) is 14.4 Å². The zero-order valence-corrected chi connectivity index (χ0v) is 21.1. The molecule has 4 rings (SSSR count). The SMILES string of the molecule is Cc1ccc(NC(=O)c2cccc(NC3=C(Cl)C(=O)N(c4cccc(C(=O)OC(C)C)c4)C3=O)c2)cc1. The van der Waals surface area contributed by atoms with Gasteiger partial charge in [-0.05, 0) is 69.3 Å². The van der Waals surface area contributed by atoms with Gasteiger partial charge in [0, 0.05) is 16.9 Å². The van der Waals surface area contributed by atoms with Crippen LogP contribution in [0.3, 0.4) is 0 Å². The molecular weight excluding hydrogens is 494 g/mol. The summed E-state index contributed by atoms with van der Waals surface area (Å²) in [6.07, 6.45) is -0.326. The average molecular weight is 518 g/mol. The molecule has 9 heteroatoms. The number of halogens is 1. The third kappa shape index (κ3) is 5.70. The summed E-state index contributed by atoms with van der Waals surface area (Å²) in [6, 6.07) is 19.8. The molecule has 1 heterocycles. The van der Waals surface area contributed by atoms with Gasteiger partial charge in [0.2, 0.25) is 0 Å². The van der Waals surface area contributed by atoms with Crippen molar-refractivity contribution in [2.24, 2.45) is 0 Å². The number of imide groups is 1. The molecule has 0 aromatic heterocycles. The fraction of sp³-hybridized carbons (Fsp3) is 0.143. The van der Waals surface area contributed by atoms with Crippen LogP contribution >= 0.6 is 11.6 Å². The third-order valence-electron chi connectivity index (χ3n) is 5.41. The molecule has 0 radical (unpaired) electrons. The Morgan fingerprint density at radius 2 is 1.54 bits per heavy atom. The van der Waals surface area contributed by atoms with Crippen LogP contribution in [0.1, 0.15) is 40.1 Å². The molecule has 8 nitrogen and oxygen atoms in total. The standard InChI is InChI=1S/C28H24ClN3O5/c1-16(2)37-28(36)19-7-5-9-22(15-19)32-26(34)23(29)24(27(32)35)30-21-8-4-6-18(14-21)25(33)31-20-12-10-17(3)11-13-20/h4-16,30H,1-3H3,(H,31,33). The number of nitrogens with one attached hydrogen (secondary N) is 2. The lowest BCUT2D eigenvalue weighted by Gasteiger charge is -2.16. The number of benzene rings is 3. The predicted molar refractivity (Wildman–Crippen MR) is 142 cm³/mol. The van der Waals surface area contributed by atoms with Crippen LogP contribution in [0.4, 0.5) is 17.1 Å². The molecule has 0 spiro atoms. The molecule has 0 atom stereocenters. The number of ether oxygens (including phenoxy) is 1. The monoisotopic (exact) mass is 517 g/mol. The van der Waals surface area contributed by atoms with Gasteiger partial charge in [-0.2, -0.15) is 0 Å². The Labute approximate surface area is 218 Å². The maximum atomic E-state index is 13.2. The van der Waals surface area contributed by atoms with Crippen molar-refractivity contribution >= 4 is 52.4 Å². The van der Waals surface area contributed by atoms with Gasteiger partial charge in [0.1, 0.15) is 10.7 Å². The van der Waals surface area contributed by atoms with Gasteiger partial charge in [0.05, 0.1) is 17.4 Å². The fourth-order valence-electron chi connectivity index (χ4n) is 3.62. The van der Waals surface area contributed by atoms with Gasteiger partial charge >= 0.3 is 5.97 Å². The molecule has 0 saturated carbocycles. The lowest BCUT2D eigenvalue weighted by molar-refractivity contribution is -0.120. The van der Waals surface area contributed by atoms with Crippen molar-refractivity contribution in [3.05, 3.63) is 100 Å². The van der Waals surface area contributed by atoms with Crippen molar-refractivity contribution in [3.63, 3.8) is 0 Å². The summed E-state index contributed by atoms with van der Waals surface area (Å²) >= 11 is 6.25. The number of carbonyl (C=O) groups is 4. The topological polar surface area (TPSA) is 105 Å². The summed E-state index contributed by atoms with van der Waals surface area (Å²) in [7, 11) is 0. The van der Waals surface area contributed by atoms with Gasteiger partial charge in [-0.1, -0.05) is 41.4 Å². The Morgan fingerprint density at radius 1 is 0.865 bits per heavy atom. The molecule has 3 aromatic carbocycles. The summed E-state index contributed by atoms with van der Waals surface area (Å²) in [6.45, 7) is 5.39. The molecule has 1 aliphatic rings. The highest BCUT2D eigenvalue weighted by Gasteiger charge is 2.39. The zero-order chi connectivity index (χ0) is 26.7. The minimum absolute atomic E-state index is 0.141. The van der Waals surface area contributed by atoms with E-state index in [1.165, 1.54) is 18.2 Å². The van der Waals surface area contributed by atoms with Gasteiger partial charge in [-0.25, -0.2) is 9.69 Å². The van der Waals surface area contributed by atoms with Crippen LogP contribution in [0.2, 0.25) is 0 Å². The first-order chi connectivity index (χ1) is 17.6. The lowest BCUT2D eigenvalue weighted by atomic mass is 10.1. The van der Waals surface area contributed by atoms with Gasteiger partial charge in [-0.15, -0.1) is 0 Å². The third-order valence-corrected chi connectivity index (χ3v) is 5.76. The van der Waals surface area contributed by atoms with Crippen molar-refractivity contribution in [1.82, 2.24) is 0 Å². The van der Waals surface area contributed by atoms with Crippen LogP contribution < -0.4 is 15.5 Å². The molecule has 37 heavy (non-hydrogen) atoms. The van der Waals surface area contributed by atoms with E-state index in [-0.39, 0.29) is 34.0 Å². The van der Waals surface area contributed by atoms with Crippen LogP contribution in [0, 0.1) is 6.92 Å². The number of amides is 3. The number of anilines is 3. The molecule has 0 fully saturated rings. The number of aryl methyl sites for hydroxylation is 1. The second kappa shape index (κ2) is 10.7. The number of carbonyl (C=O) groups excluding carboxylic acids is 4. The number of nitrogens with zero attached hydrogens (tertiary/aromatic N) is 1. The quantitative estimate of drug-likeness (QED) is 0.328. The number of hydrogen-bond donors (Lipinski definition) is 2. The molecule has 2 N–H and O–H groups in total. The zero-order valence-electron chi connectivity index (χ0n) is 20.4. The highest BCUT2D eigenvalue weighted by atomic mass is 35.5. The first kappa shape index (κ1) is 25.7. The van der Waals surface area contributed by atoms with E-state index in [9.17, 15) is 19.2 Å². The van der Waals surface area contributed by atoms with Crippen molar-refractivity contribution in [2.75, 3.05) is 15.5 Å². The Bertz CT molecular complexity index is 1430. The molecule has 1 aliphatic heterocycles. The largest absolute Gasteiger partial charge is 0.459 e. The summed E-state index contributed by atoms with van der Waals surface area (Å²) in [4.78, 5) is 51.9. The van der Waals surface area contributed by atoms with E-state index in [1.807, 2.05) is 19.1 Å². The lowest BCUT2D eigenvalue weighted by Crippen LogP contribution is -2.32. The van der Waals surface area contributed by atoms with E-state index in [0.717, 1.165) is 10.5 Å². The minimum atomic E-state index is -0.739. The number of hydrogen-bond acceptors (Lipinski definition) is 6. The maximum Gasteiger partial charge on any atom is 0.338 e. The highest BCUT2D eigenvalue weighted by Crippen LogP contribution is 2.31. The van der Waals surface area contributed by atoms with E-state index >= 15 is 0 Å². The maximum absolute atomic E-state index is 13.2. The Balaban J connectivity index is 1.52. The summed E-state index contributed by atoms with van der Waals surface area (Å²) in [5.74, 6) is -2.35. The molecular formula is C28H24ClN3O5. The molecule has 188 valence electrons. The van der Waals surface area contributed by atoms with Crippen LogP contribution in [0.5, 0.6) is 0 Å². The van der Waals surface area contributed by atoms with E-state index in [1.54, 1.807) is 56.3 Å². The second-order valence-corrected chi connectivity index (χ2v) is 9.04. The Morgan fingerprint density at radius 3 is 2.24 bits per heavy atom. The second-order valence-electron chi connectivity index (χ2n) is 8.67. The van der Waals surface area contributed by atoms with Crippen LogP contribution in [0.25, 0.3) is 0 Å². The van der Waals surface area contributed by atoms with Gasteiger partial charge < -0.3 is 15.4 Å². The van der Waals surface area contributed by atoms with Crippen molar-refractivity contribution in [2.45, 2.75) is 26.9 Å². The fourth-order valence-corrected chi connectivity index (χ4v) is 3.84. The van der Waals surface area contributed by atoms with Crippen LogP contribution in [-0.2, 0) is 14.3 Å². The normalized spacial score (nSPS) is 13.3. The summed E-state index contributed by atoms with van der Waals surface area (Å²) < 4.78 is 5.19. The Hall–Kier alpha value is -4.43. The van der Waals surface area contributed by atoms with Crippen molar-refractivity contribution in [1.29, 1.82) is 0 Å². The smallest absolute Gasteiger partial charge is 0.338 e. The van der Waals surface area contributed by atoms with Crippen molar-refractivity contribution < 1.29 is 23.9 Å². The minimum Gasteiger partial charge on any atom is -0.459 e. The molecule has 3 aromatic rings. The average Bonchev–Trinajstić information content (AvgIpc) is 3.08. The van der Waals surface area contributed by atoms with Crippen LogP contribution in [-0.4, -0.2) is 29.8 Å². The van der Waals surface area contributed by atoms with Crippen molar-refractivity contribution in [3.8, 4) is 0 Å². The molecule has 0 saturated heterocycles. The van der Waals surface area contributed by atoms with Crippen LogP contribution in [0.15, 0.2) is 83.5 Å². The number of rotatable bonds is 7. The highest BCUT2D eigenvalue weighted by molar-refractivity contribution is 6.53. The van der Waals surface area contributed by atoms with E-state index in [4.69, 9.17) is 16.3 Å². The molecule has 3 amide bonds. The molecule has 0 aliphatic carbocycles. The van der Waals surface area contributed by atoms with E-state index < -0.39 is 17.8 Å². The summed E-state index contributed by atoms with van der Waals surface area (Å²) in [5, 5.41) is 5.37. The number of esters is 1. The first-order valence-corrected chi connectivity index (χ1v) is 11.9. The molecule has 0 unspecified atom stereocenters. The molecule has 0 bridgehead atoms. The Kier molecular flexibility index (Phi) is 7.40. The van der Waals surface area contributed by atoms with E-state index in [0.29, 0.717) is 16.9 Å². The van der Waals surface area contributed by atoms with Gasteiger partial charge in [0.25, 0.3) is 17.7 Å². The van der Waals surface area contributed by atoms with E-state index in [2.05, 4.69) is 10.6 Å². The van der Waals surface area contributed by atoms with Gasteiger partial charge in [0.15, 0.2) is 0 Å².